The van der Waals surface area contributed by atoms with Crippen molar-refractivity contribution < 1.29 is 9.53 Å². The highest BCUT2D eigenvalue weighted by molar-refractivity contribution is 7.09. The maximum atomic E-state index is 13.4. The van der Waals surface area contributed by atoms with Gasteiger partial charge in [0.05, 0.1) is 18.6 Å². The zero-order valence-electron chi connectivity index (χ0n) is 13.9. The van der Waals surface area contributed by atoms with Gasteiger partial charge < -0.3 is 9.64 Å². The second-order valence-electron chi connectivity index (χ2n) is 6.60. The predicted octanol–water partition coefficient (Wildman–Crippen LogP) is 4.07. The van der Waals surface area contributed by atoms with E-state index in [0.717, 1.165) is 54.2 Å². The largest absolute Gasteiger partial charge is 0.493 e. The van der Waals surface area contributed by atoms with Gasteiger partial charge in [-0.1, -0.05) is 18.2 Å². The van der Waals surface area contributed by atoms with E-state index in [4.69, 9.17) is 4.74 Å². The topological polar surface area (TPSA) is 42.4 Å². The lowest BCUT2D eigenvalue weighted by Crippen LogP contribution is -2.42. The number of amides is 1. The molecular weight excluding hydrogens is 320 g/mol. The van der Waals surface area contributed by atoms with Crippen molar-refractivity contribution >= 4 is 17.2 Å². The van der Waals surface area contributed by atoms with Crippen LogP contribution in [0.1, 0.15) is 53.9 Å². The standard InChI is InChI=1S/C19H22N2O2S/c1-13-12-24-18(20-13)16-7-4-5-10-21(16)19(22)15-9-11-23-17-8-3-2-6-14(15)17/h2-3,6,8,12,15-16H,4-5,7,9-11H2,1H3/t15-,16+/m0/s1. The minimum absolute atomic E-state index is 0.0865. The third-order valence-electron chi connectivity index (χ3n) is 4.96. The number of likely N-dealkylation sites (tertiary alicyclic amines) is 1. The lowest BCUT2D eigenvalue weighted by atomic mass is 9.90. The Kier molecular flexibility index (Phi) is 4.27. The average molecular weight is 342 g/mol. The molecule has 5 heteroatoms. The van der Waals surface area contributed by atoms with Crippen molar-refractivity contribution in [3.63, 3.8) is 0 Å². The van der Waals surface area contributed by atoms with Crippen LogP contribution in [0.2, 0.25) is 0 Å². The summed E-state index contributed by atoms with van der Waals surface area (Å²) < 4.78 is 5.72. The van der Waals surface area contributed by atoms with Gasteiger partial charge in [-0.2, -0.15) is 0 Å². The van der Waals surface area contributed by atoms with Crippen molar-refractivity contribution in [2.75, 3.05) is 13.2 Å². The molecule has 0 unspecified atom stereocenters. The van der Waals surface area contributed by atoms with Gasteiger partial charge >= 0.3 is 0 Å². The number of nitrogens with zero attached hydrogens (tertiary/aromatic N) is 2. The Balaban J connectivity index is 1.63. The number of ether oxygens (including phenoxy) is 1. The molecule has 0 radical (unpaired) electrons. The van der Waals surface area contributed by atoms with Gasteiger partial charge in [-0.3, -0.25) is 4.79 Å². The molecule has 0 spiro atoms. The smallest absolute Gasteiger partial charge is 0.230 e. The highest BCUT2D eigenvalue weighted by atomic mass is 32.1. The number of piperidine rings is 1. The highest BCUT2D eigenvalue weighted by Gasteiger charge is 2.36. The van der Waals surface area contributed by atoms with E-state index in [-0.39, 0.29) is 17.9 Å². The van der Waals surface area contributed by atoms with Crippen LogP contribution < -0.4 is 4.74 Å². The minimum atomic E-state index is -0.0865. The van der Waals surface area contributed by atoms with Crippen LogP contribution in [0.25, 0.3) is 0 Å². The molecule has 0 N–H and O–H groups in total. The number of para-hydroxylation sites is 1. The van der Waals surface area contributed by atoms with E-state index in [1.165, 1.54) is 0 Å². The SMILES string of the molecule is Cc1csc([C@H]2CCCCN2C(=O)[C@H]2CCOc3ccccc32)n1. The fourth-order valence-corrected chi connectivity index (χ4v) is 4.72. The monoisotopic (exact) mass is 342 g/mol. The first-order chi connectivity index (χ1) is 11.7. The zero-order chi connectivity index (χ0) is 16.5. The maximum Gasteiger partial charge on any atom is 0.230 e. The van der Waals surface area contributed by atoms with Crippen LogP contribution in [0.4, 0.5) is 0 Å². The van der Waals surface area contributed by atoms with E-state index < -0.39 is 0 Å². The van der Waals surface area contributed by atoms with Crippen molar-refractivity contribution in [1.29, 1.82) is 0 Å². The summed E-state index contributed by atoms with van der Waals surface area (Å²) in [5, 5.41) is 3.16. The fraction of sp³-hybridized carbons (Fsp3) is 0.474. The molecule has 1 saturated heterocycles. The molecule has 2 aromatic rings. The second kappa shape index (κ2) is 6.55. The third-order valence-corrected chi connectivity index (χ3v) is 6.03. The Bertz CT molecular complexity index is 742. The molecule has 1 amide bonds. The van der Waals surface area contributed by atoms with Gasteiger partial charge in [-0.05, 0) is 38.7 Å². The van der Waals surface area contributed by atoms with Gasteiger partial charge in [-0.15, -0.1) is 11.3 Å². The molecule has 3 heterocycles. The van der Waals surface area contributed by atoms with Gasteiger partial charge in [0.15, 0.2) is 0 Å². The highest BCUT2D eigenvalue weighted by Crippen LogP contribution is 2.39. The molecule has 0 saturated carbocycles. The van der Waals surface area contributed by atoms with Gasteiger partial charge in [0.25, 0.3) is 0 Å². The van der Waals surface area contributed by atoms with Gasteiger partial charge in [0, 0.05) is 23.2 Å². The fourth-order valence-electron chi connectivity index (χ4n) is 3.78. The van der Waals surface area contributed by atoms with E-state index >= 15 is 0 Å². The Morgan fingerprint density at radius 1 is 1.29 bits per heavy atom. The predicted molar refractivity (Wildman–Crippen MR) is 94.5 cm³/mol. The molecule has 1 aromatic carbocycles. The van der Waals surface area contributed by atoms with E-state index in [1.54, 1.807) is 11.3 Å². The molecule has 4 nitrogen and oxygen atoms in total. The van der Waals surface area contributed by atoms with Crippen molar-refractivity contribution in [3.05, 3.63) is 45.9 Å². The minimum Gasteiger partial charge on any atom is -0.493 e. The number of aryl methyl sites for hydroxylation is 1. The maximum absolute atomic E-state index is 13.4. The summed E-state index contributed by atoms with van der Waals surface area (Å²) in [7, 11) is 0. The first-order valence-electron chi connectivity index (χ1n) is 8.68. The van der Waals surface area contributed by atoms with E-state index in [9.17, 15) is 4.79 Å². The van der Waals surface area contributed by atoms with Crippen molar-refractivity contribution in [2.24, 2.45) is 0 Å². The molecule has 0 bridgehead atoms. The van der Waals surface area contributed by atoms with Crippen LogP contribution in [-0.2, 0) is 4.79 Å². The lowest BCUT2D eigenvalue weighted by Gasteiger charge is -2.38. The van der Waals surface area contributed by atoms with Crippen LogP contribution in [0.3, 0.4) is 0 Å². The zero-order valence-corrected chi connectivity index (χ0v) is 14.7. The Morgan fingerprint density at radius 3 is 3.00 bits per heavy atom. The number of rotatable bonds is 2. The number of carbonyl (C=O) groups is 1. The van der Waals surface area contributed by atoms with Gasteiger partial charge in [0.2, 0.25) is 5.91 Å². The molecule has 0 aliphatic carbocycles. The Morgan fingerprint density at radius 2 is 2.17 bits per heavy atom. The molecule has 126 valence electrons. The van der Waals surface area contributed by atoms with E-state index in [0.29, 0.717) is 6.61 Å². The lowest BCUT2D eigenvalue weighted by molar-refractivity contribution is -0.137. The number of benzene rings is 1. The molecule has 4 rings (SSSR count). The summed E-state index contributed by atoms with van der Waals surface area (Å²) in [6.45, 7) is 3.47. The van der Waals surface area contributed by atoms with Crippen LogP contribution in [0, 0.1) is 6.92 Å². The van der Waals surface area contributed by atoms with E-state index in [2.05, 4.69) is 15.3 Å². The summed E-state index contributed by atoms with van der Waals surface area (Å²) in [6.07, 6.45) is 4.02. The number of thiazole rings is 1. The molecule has 2 aliphatic heterocycles. The quantitative estimate of drug-likeness (QED) is 0.826. The van der Waals surface area contributed by atoms with Crippen molar-refractivity contribution in [1.82, 2.24) is 9.88 Å². The number of fused-ring (bicyclic) bond motifs is 1. The number of hydrogen-bond acceptors (Lipinski definition) is 4. The van der Waals surface area contributed by atoms with Gasteiger partial charge in [0.1, 0.15) is 10.8 Å². The van der Waals surface area contributed by atoms with Crippen LogP contribution in [0.15, 0.2) is 29.6 Å². The van der Waals surface area contributed by atoms with Gasteiger partial charge in [-0.25, -0.2) is 4.98 Å². The summed E-state index contributed by atoms with van der Waals surface area (Å²) >= 11 is 1.68. The summed E-state index contributed by atoms with van der Waals surface area (Å²) in [5.41, 5.74) is 2.08. The van der Waals surface area contributed by atoms with Crippen LogP contribution >= 0.6 is 11.3 Å². The molecule has 2 atom stereocenters. The molecule has 2 aliphatic rings. The second-order valence-corrected chi connectivity index (χ2v) is 7.49. The molecular formula is C19H22N2O2S. The van der Waals surface area contributed by atoms with Crippen molar-refractivity contribution in [2.45, 2.75) is 44.6 Å². The number of aromatic nitrogens is 1. The molecule has 24 heavy (non-hydrogen) atoms. The summed E-state index contributed by atoms with van der Waals surface area (Å²) in [6, 6.07) is 8.09. The summed E-state index contributed by atoms with van der Waals surface area (Å²) in [5.74, 6) is 1.01. The Labute approximate surface area is 146 Å². The number of hydrogen-bond donors (Lipinski definition) is 0. The van der Waals surface area contributed by atoms with E-state index in [1.807, 2.05) is 31.2 Å². The third kappa shape index (κ3) is 2.81. The van der Waals surface area contributed by atoms with Crippen LogP contribution in [-0.4, -0.2) is 28.9 Å². The molecule has 1 aromatic heterocycles. The normalized spacial score (nSPS) is 23.5. The molecule has 1 fully saturated rings. The first kappa shape index (κ1) is 15.6. The van der Waals surface area contributed by atoms with Crippen LogP contribution in [0.5, 0.6) is 5.75 Å². The number of carbonyl (C=O) groups excluding carboxylic acids is 1. The Hall–Kier alpha value is -1.88. The first-order valence-corrected chi connectivity index (χ1v) is 9.56. The average Bonchev–Trinajstić information content (AvgIpc) is 3.07. The summed E-state index contributed by atoms with van der Waals surface area (Å²) in [4.78, 5) is 20.1. The van der Waals surface area contributed by atoms with Crippen molar-refractivity contribution in [3.8, 4) is 5.75 Å².